The number of H-pyrrole nitrogens is 1. The number of hydrogen-bond donors (Lipinski definition) is 1. The second-order valence-corrected chi connectivity index (χ2v) is 5.55. The number of aromatic amines is 1. The minimum absolute atomic E-state index is 0.121. The van der Waals surface area contributed by atoms with E-state index >= 15 is 0 Å². The van der Waals surface area contributed by atoms with Gasteiger partial charge in [-0.2, -0.15) is 0 Å². The molecule has 1 fully saturated rings. The molecule has 0 saturated carbocycles. The molecule has 6 heteroatoms. The topological polar surface area (TPSA) is 62.4 Å². The zero-order valence-electron chi connectivity index (χ0n) is 12.7. The summed E-state index contributed by atoms with van der Waals surface area (Å²) in [5.74, 6) is -0.634. The van der Waals surface area contributed by atoms with Crippen LogP contribution in [0.4, 0.5) is 4.39 Å². The normalized spacial score (nSPS) is 18.0. The number of ether oxygens (including phenoxy) is 1. The highest BCUT2D eigenvalue weighted by Gasteiger charge is 2.27. The Kier molecular flexibility index (Phi) is 4.25. The van der Waals surface area contributed by atoms with Crippen molar-refractivity contribution in [2.75, 3.05) is 19.7 Å². The van der Waals surface area contributed by atoms with Crippen molar-refractivity contribution < 1.29 is 13.9 Å². The predicted molar refractivity (Wildman–Crippen MR) is 82.8 cm³/mol. The molecule has 1 aliphatic rings. The summed E-state index contributed by atoms with van der Waals surface area (Å²) >= 11 is 0. The SMILES string of the molecule is Cc1ccc(C(=O)N2CCO[C@H](c3ccc(F)cc3)C2)c(=O)[nH]1. The van der Waals surface area contributed by atoms with Gasteiger partial charge in [0.05, 0.1) is 13.2 Å². The van der Waals surface area contributed by atoms with Crippen LogP contribution in [0.3, 0.4) is 0 Å². The Morgan fingerprint density at radius 3 is 2.70 bits per heavy atom. The Morgan fingerprint density at radius 1 is 1.26 bits per heavy atom. The van der Waals surface area contributed by atoms with E-state index in [1.807, 2.05) is 0 Å². The molecule has 0 aliphatic carbocycles. The van der Waals surface area contributed by atoms with Crippen molar-refractivity contribution in [3.63, 3.8) is 0 Å². The first-order chi connectivity index (χ1) is 11.0. The van der Waals surface area contributed by atoms with Gasteiger partial charge in [-0.25, -0.2) is 4.39 Å². The molecule has 0 radical (unpaired) electrons. The van der Waals surface area contributed by atoms with Gasteiger partial charge in [0.25, 0.3) is 11.5 Å². The molecule has 1 amide bonds. The van der Waals surface area contributed by atoms with Crippen molar-refractivity contribution >= 4 is 5.91 Å². The number of nitrogens with one attached hydrogen (secondary N) is 1. The van der Waals surface area contributed by atoms with Crippen molar-refractivity contribution in [3.8, 4) is 0 Å². The second kappa shape index (κ2) is 6.34. The average Bonchev–Trinajstić information content (AvgIpc) is 2.55. The number of nitrogens with zero attached hydrogens (tertiary/aromatic N) is 1. The molecule has 2 aromatic rings. The van der Waals surface area contributed by atoms with Gasteiger partial charge in [-0.3, -0.25) is 9.59 Å². The van der Waals surface area contributed by atoms with Crippen molar-refractivity contribution in [3.05, 3.63) is 69.4 Å². The van der Waals surface area contributed by atoms with Gasteiger partial charge in [-0.05, 0) is 36.8 Å². The lowest BCUT2D eigenvalue weighted by atomic mass is 10.1. The van der Waals surface area contributed by atoms with Crippen LogP contribution < -0.4 is 5.56 Å². The van der Waals surface area contributed by atoms with Crippen LogP contribution in [0.15, 0.2) is 41.2 Å². The van der Waals surface area contributed by atoms with E-state index < -0.39 is 0 Å². The van der Waals surface area contributed by atoms with Gasteiger partial charge in [0.2, 0.25) is 0 Å². The van der Waals surface area contributed by atoms with Crippen LogP contribution in [0, 0.1) is 12.7 Å². The van der Waals surface area contributed by atoms with Crippen LogP contribution in [-0.2, 0) is 4.74 Å². The highest BCUT2D eigenvalue weighted by atomic mass is 19.1. The molecule has 1 N–H and O–H groups in total. The van der Waals surface area contributed by atoms with Crippen LogP contribution in [-0.4, -0.2) is 35.5 Å². The van der Waals surface area contributed by atoms with E-state index in [0.29, 0.717) is 25.4 Å². The number of aromatic nitrogens is 1. The lowest BCUT2D eigenvalue weighted by Gasteiger charge is -2.33. The largest absolute Gasteiger partial charge is 0.370 e. The summed E-state index contributed by atoms with van der Waals surface area (Å²) < 4.78 is 18.7. The van der Waals surface area contributed by atoms with E-state index in [9.17, 15) is 14.0 Å². The summed E-state index contributed by atoms with van der Waals surface area (Å²) in [7, 11) is 0. The number of carbonyl (C=O) groups is 1. The predicted octanol–water partition coefficient (Wildman–Crippen LogP) is 2.04. The fraction of sp³-hybridized carbons (Fsp3) is 0.294. The van der Waals surface area contributed by atoms with Gasteiger partial charge in [0.1, 0.15) is 17.5 Å². The quantitative estimate of drug-likeness (QED) is 0.922. The Bertz CT molecular complexity index is 770. The lowest BCUT2D eigenvalue weighted by Crippen LogP contribution is -2.43. The highest BCUT2D eigenvalue weighted by Crippen LogP contribution is 2.23. The van der Waals surface area contributed by atoms with E-state index in [1.54, 1.807) is 36.1 Å². The zero-order valence-corrected chi connectivity index (χ0v) is 12.7. The summed E-state index contributed by atoms with van der Waals surface area (Å²) in [5.41, 5.74) is 1.25. The van der Waals surface area contributed by atoms with Crippen molar-refractivity contribution in [2.45, 2.75) is 13.0 Å². The van der Waals surface area contributed by atoms with E-state index in [1.165, 1.54) is 12.1 Å². The van der Waals surface area contributed by atoms with E-state index in [4.69, 9.17) is 4.74 Å². The molecule has 1 atom stereocenters. The van der Waals surface area contributed by atoms with Gasteiger partial charge < -0.3 is 14.6 Å². The number of carbonyl (C=O) groups excluding carboxylic acids is 1. The van der Waals surface area contributed by atoms with Gasteiger partial charge in [-0.15, -0.1) is 0 Å². The fourth-order valence-electron chi connectivity index (χ4n) is 2.62. The molecule has 23 heavy (non-hydrogen) atoms. The molecule has 1 aromatic carbocycles. The molecule has 0 unspecified atom stereocenters. The smallest absolute Gasteiger partial charge is 0.260 e. The average molecular weight is 316 g/mol. The molecule has 1 aliphatic heterocycles. The first-order valence-electron chi connectivity index (χ1n) is 7.41. The number of hydrogen-bond acceptors (Lipinski definition) is 3. The number of morpholine rings is 1. The van der Waals surface area contributed by atoms with E-state index in [-0.39, 0.29) is 29.0 Å². The maximum atomic E-state index is 13.0. The van der Waals surface area contributed by atoms with Gasteiger partial charge >= 0.3 is 0 Å². The maximum Gasteiger partial charge on any atom is 0.260 e. The van der Waals surface area contributed by atoms with Crippen LogP contribution in [0.5, 0.6) is 0 Å². The molecule has 0 bridgehead atoms. The number of aryl methyl sites for hydroxylation is 1. The summed E-state index contributed by atoms with van der Waals surface area (Å²) in [5, 5.41) is 0. The minimum atomic E-state index is -0.389. The van der Waals surface area contributed by atoms with Crippen molar-refractivity contribution in [2.24, 2.45) is 0 Å². The third-order valence-electron chi connectivity index (χ3n) is 3.88. The summed E-state index contributed by atoms with van der Waals surface area (Å²) in [6.45, 7) is 2.88. The molecule has 5 nitrogen and oxygen atoms in total. The maximum absolute atomic E-state index is 13.0. The highest BCUT2D eigenvalue weighted by molar-refractivity contribution is 5.93. The molecule has 120 valence electrons. The third-order valence-corrected chi connectivity index (χ3v) is 3.88. The van der Waals surface area contributed by atoms with Crippen LogP contribution in [0.2, 0.25) is 0 Å². The summed E-state index contributed by atoms with van der Waals surface area (Å²) in [6, 6.07) is 9.26. The van der Waals surface area contributed by atoms with Crippen LogP contribution >= 0.6 is 0 Å². The van der Waals surface area contributed by atoms with Crippen LogP contribution in [0.25, 0.3) is 0 Å². The van der Waals surface area contributed by atoms with Crippen LogP contribution in [0.1, 0.15) is 27.7 Å². The van der Waals surface area contributed by atoms with Gasteiger partial charge in [0, 0.05) is 12.2 Å². The number of halogens is 1. The third kappa shape index (κ3) is 3.32. The Hall–Kier alpha value is -2.47. The number of amides is 1. The molecule has 1 saturated heterocycles. The summed E-state index contributed by atoms with van der Waals surface area (Å²) in [6.07, 6.45) is -0.321. The minimum Gasteiger partial charge on any atom is -0.370 e. The van der Waals surface area contributed by atoms with Crippen molar-refractivity contribution in [1.82, 2.24) is 9.88 Å². The standard InChI is InChI=1S/C17H17FN2O3/c1-11-2-7-14(16(21)19-11)17(22)20-8-9-23-15(10-20)12-3-5-13(18)6-4-12/h2-7,15H,8-10H2,1H3,(H,19,21)/t15-/m0/s1. The molecule has 1 aromatic heterocycles. The Labute approximate surface area is 132 Å². The van der Waals surface area contributed by atoms with E-state index in [2.05, 4.69) is 4.98 Å². The second-order valence-electron chi connectivity index (χ2n) is 5.55. The lowest BCUT2D eigenvalue weighted by molar-refractivity contribution is -0.0229. The molecule has 3 rings (SSSR count). The first-order valence-corrected chi connectivity index (χ1v) is 7.41. The van der Waals surface area contributed by atoms with Crippen molar-refractivity contribution in [1.29, 1.82) is 0 Å². The van der Waals surface area contributed by atoms with E-state index in [0.717, 1.165) is 5.56 Å². The van der Waals surface area contributed by atoms with Gasteiger partial charge in [0.15, 0.2) is 0 Å². The Balaban J connectivity index is 1.79. The first kappa shape index (κ1) is 15.4. The fourth-order valence-corrected chi connectivity index (χ4v) is 2.62. The Morgan fingerprint density at radius 2 is 2.00 bits per heavy atom. The molecule has 2 heterocycles. The number of benzene rings is 1. The number of rotatable bonds is 2. The zero-order chi connectivity index (χ0) is 16.4. The summed E-state index contributed by atoms with van der Waals surface area (Å²) in [4.78, 5) is 28.7. The van der Waals surface area contributed by atoms with Gasteiger partial charge in [-0.1, -0.05) is 12.1 Å². The monoisotopic (exact) mass is 316 g/mol. The molecule has 0 spiro atoms. The molecular weight excluding hydrogens is 299 g/mol. The molecular formula is C17H17FN2O3. The number of pyridine rings is 1.